The first kappa shape index (κ1) is 35.8. The van der Waals surface area contributed by atoms with E-state index < -0.39 is 41.8 Å². The van der Waals surface area contributed by atoms with Gasteiger partial charge in [-0.15, -0.1) is 0 Å². The number of hydrogen-bond donors (Lipinski definition) is 3. The van der Waals surface area contributed by atoms with Crippen LogP contribution in [-0.4, -0.2) is 51.2 Å². The van der Waals surface area contributed by atoms with Crippen molar-refractivity contribution in [1.29, 1.82) is 5.26 Å². The third-order valence-electron chi connectivity index (χ3n) is 6.27. The number of carboxylic acids is 1. The maximum Gasteiger partial charge on any atom is 0.490 e. The summed E-state index contributed by atoms with van der Waals surface area (Å²) in [6.45, 7) is 3.07. The minimum atomic E-state index is -5.08. The van der Waals surface area contributed by atoms with Gasteiger partial charge < -0.3 is 25.2 Å². The molecule has 4 aromatic rings. The summed E-state index contributed by atoms with van der Waals surface area (Å²) in [7, 11) is 0. The summed E-state index contributed by atoms with van der Waals surface area (Å²) < 4.78 is 72.4. The minimum absolute atomic E-state index is 0.0404. The number of aromatic nitrogens is 2. The lowest BCUT2D eigenvalue weighted by Gasteiger charge is -2.17. The molecule has 0 aliphatic carbocycles. The van der Waals surface area contributed by atoms with E-state index in [1.165, 1.54) is 10.5 Å². The summed E-state index contributed by atoms with van der Waals surface area (Å²) in [5.74, 6) is -4.47. The second kappa shape index (κ2) is 16.0. The number of hydrogen-bond acceptors (Lipinski definition) is 7. The number of pyridine rings is 1. The van der Waals surface area contributed by atoms with Crippen LogP contribution in [0.4, 0.5) is 26.7 Å². The Morgan fingerprint density at radius 2 is 1.68 bits per heavy atom. The SMILES string of the molecule is Cc1cc(OCc2c(F)cccc2F)c2nc(C)c(C(=O)NCC(CC#N)NC(=O)OCc3ccccc3)n2c1.O=C(O)C(F)(F)F. The van der Waals surface area contributed by atoms with Crippen molar-refractivity contribution in [2.45, 2.75) is 45.7 Å². The second-order valence-corrected chi connectivity index (χ2v) is 9.89. The first-order chi connectivity index (χ1) is 22.2. The number of alkyl halides is 3. The molecule has 0 spiro atoms. The number of amides is 2. The van der Waals surface area contributed by atoms with Crippen LogP contribution < -0.4 is 15.4 Å². The van der Waals surface area contributed by atoms with Gasteiger partial charge in [0, 0.05) is 12.7 Å². The number of ether oxygens (including phenoxy) is 2. The van der Waals surface area contributed by atoms with Crippen LogP contribution in [0.25, 0.3) is 5.65 Å². The van der Waals surface area contributed by atoms with Gasteiger partial charge in [0.05, 0.1) is 29.8 Å². The molecule has 11 nitrogen and oxygen atoms in total. The lowest BCUT2D eigenvalue weighted by molar-refractivity contribution is -0.192. The Kier molecular flexibility index (Phi) is 12.2. The van der Waals surface area contributed by atoms with E-state index in [1.807, 2.05) is 36.4 Å². The van der Waals surface area contributed by atoms with Gasteiger partial charge >= 0.3 is 18.2 Å². The number of nitriles is 1. The summed E-state index contributed by atoms with van der Waals surface area (Å²) in [4.78, 5) is 38.8. The lowest BCUT2D eigenvalue weighted by Crippen LogP contribution is -2.44. The minimum Gasteiger partial charge on any atom is -0.485 e. The number of carbonyl (C=O) groups excluding carboxylic acids is 2. The zero-order valence-electron chi connectivity index (χ0n) is 24.9. The third kappa shape index (κ3) is 10.1. The Bertz CT molecular complexity index is 1750. The Balaban J connectivity index is 0.000000771. The normalized spacial score (nSPS) is 11.4. The van der Waals surface area contributed by atoms with Crippen molar-refractivity contribution < 1.29 is 50.9 Å². The Morgan fingerprint density at radius 1 is 1.04 bits per heavy atom. The quantitative estimate of drug-likeness (QED) is 0.192. The monoisotopic (exact) mass is 661 g/mol. The average molecular weight is 662 g/mol. The highest BCUT2D eigenvalue weighted by atomic mass is 19.4. The molecule has 2 heterocycles. The zero-order valence-corrected chi connectivity index (χ0v) is 24.9. The first-order valence-corrected chi connectivity index (χ1v) is 13.7. The van der Waals surface area contributed by atoms with Crippen LogP contribution in [0.2, 0.25) is 0 Å². The Hall–Kier alpha value is -5.72. The van der Waals surface area contributed by atoms with Crippen molar-refractivity contribution >= 4 is 23.6 Å². The molecule has 3 N–H and O–H groups in total. The van der Waals surface area contributed by atoms with Gasteiger partial charge in [0.25, 0.3) is 5.91 Å². The lowest BCUT2D eigenvalue weighted by atomic mass is 10.2. The molecule has 0 aliphatic rings. The Labute approximate surface area is 264 Å². The van der Waals surface area contributed by atoms with Crippen LogP contribution in [0, 0.1) is 36.8 Å². The van der Waals surface area contributed by atoms with E-state index in [0.29, 0.717) is 16.9 Å². The van der Waals surface area contributed by atoms with Crippen LogP contribution in [0.15, 0.2) is 60.8 Å². The number of carboxylic acid groups (broad SMARTS) is 1. The van der Waals surface area contributed by atoms with Crippen molar-refractivity contribution in [2.24, 2.45) is 0 Å². The maximum absolute atomic E-state index is 14.1. The number of aliphatic carboxylic acids is 1. The summed E-state index contributed by atoms with van der Waals surface area (Å²) in [6.07, 6.45) is -4.17. The summed E-state index contributed by atoms with van der Waals surface area (Å²) in [5, 5.41) is 21.6. The molecule has 2 aromatic carbocycles. The third-order valence-corrected chi connectivity index (χ3v) is 6.27. The molecular weight excluding hydrogens is 633 g/mol. The predicted octanol–water partition coefficient (Wildman–Crippen LogP) is 5.38. The van der Waals surface area contributed by atoms with Crippen LogP contribution in [0.5, 0.6) is 5.75 Å². The standard InChI is InChI=1S/C29H27F2N5O4.C2HF3O2/c1-18-13-25(39-17-22-23(30)9-6-10-24(22)31)27-34-19(2)26(36(27)15-18)28(37)33-14-21(11-12-32)35-29(38)40-16-20-7-4-3-5-8-20;3-2(4,5)1(6)7/h3-10,13,15,21H,11,14,16-17H2,1-2H3,(H,33,37)(H,35,38);(H,6,7). The van der Waals surface area contributed by atoms with E-state index in [1.54, 1.807) is 26.1 Å². The molecule has 248 valence electrons. The van der Waals surface area contributed by atoms with E-state index >= 15 is 0 Å². The van der Waals surface area contributed by atoms with Gasteiger partial charge in [-0.3, -0.25) is 9.20 Å². The number of nitrogens with one attached hydrogen (secondary N) is 2. The fourth-order valence-electron chi connectivity index (χ4n) is 4.07. The summed E-state index contributed by atoms with van der Waals surface area (Å²) >= 11 is 0. The van der Waals surface area contributed by atoms with Gasteiger partial charge in [0.1, 0.15) is 30.5 Å². The number of rotatable bonds is 10. The van der Waals surface area contributed by atoms with E-state index in [9.17, 15) is 36.8 Å². The van der Waals surface area contributed by atoms with Crippen molar-refractivity contribution in [3.63, 3.8) is 0 Å². The molecule has 1 atom stereocenters. The van der Waals surface area contributed by atoms with Crippen LogP contribution in [-0.2, 0) is 22.7 Å². The highest BCUT2D eigenvalue weighted by Crippen LogP contribution is 2.26. The molecule has 2 amide bonds. The highest BCUT2D eigenvalue weighted by molar-refractivity contribution is 5.95. The topological polar surface area (TPSA) is 155 Å². The summed E-state index contributed by atoms with van der Waals surface area (Å²) in [5.41, 5.74) is 2.19. The zero-order chi connectivity index (χ0) is 34.7. The van der Waals surface area contributed by atoms with Gasteiger partial charge in [-0.1, -0.05) is 36.4 Å². The smallest absolute Gasteiger partial charge is 0.485 e. The number of aryl methyl sites for hydroxylation is 2. The first-order valence-electron chi connectivity index (χ1n) is 13.7. The fraction of sp³-hybridized carbons (Fsp3) is 0.258. The van der Waals surface area contributed by atoms with Gasteiger partial charge in [-0.2, -0.15) is 18.4 Å². The van der Waals surface area contributed by atoms with Crippen molar-refractivity contribution in [3.05, 3.63) is 101 Å². The van der Waals surface area contributed by atoms with Crippen molar-refractivity contribution in [1.82, 2.24) is 20.0 Å². The van der Waals surface area contributed by atoms with Crippen LogP contribution in [0.1, 0.15) is 39.3 Å². The van der Waals surface area contributed by atoms with E-state index in [2.05, 4.69) is 15.6 Å². The molecular formula is C31H28F5N5O6. The molecule has 0 radical (unpaired) electrons. The molecule has 47 heavy (non-hydrogen) atoms. The Morgan fingerprint density at radius 3 is 2.28 bits per heavy atom. The fourth-order valence-corrected chi connectivity index (χ4v) is 4.07. The average Bonchev–Trinajstić information content (AvgIpc) is 3.34. The molecule has 0 bridgehead atoms. The van der Waals surface area contributed by atoms with Gasteiger partial charge in [0.15, 0.2) is 11.4 Å². The molecule has 16 heteroatoms. The predicted molar refractivity (Wildman–Crippen MR) is 155 cm³/mol. The van der Waals surface area contributed by atoms with Gasteiger partial charge in [-0.05, 0) is 43.2 Å². The molecule has 0 saturated carbocycles. The molecule has 0 saturated heterocycles. The van der Waals surface area contributed by atoms with Crippen molar-refractivity contribution in [3.8, 4) is 11.8 Å². The van der Waals surface area contributed by atoms with Gasteiger partial charge in [0.2, 0.25) is 0 Å². The number of nitrogens with zero attached hydrogens (tertiary/aromatic N) is 3. The van der Waals surface area contributed by atoms with E-state index in [-0.39, 0.29) is 43.2 Å². The van der Waals surface area contributed by atoms with E-state index in [0.717, 1.165) is 17.7 Å². The second-order valence-electron chi connectivity index (χ2n) is 9.89. The van der Waals surface area contributed by atoms with E-state index in [4.69, 9.17) is 19.4 Å². The molecule has 2 aromatic heterocycles. The number of carbonyl (C=O) groups is 3. The largest absolute Gasteiger partial charge is 0.490 e. The maximum atomic E-state index is 14.1. The summed E-state index contributed by atoms with van der Waals surface area (Å²) in [6, 6.07) is 15.6. The molecule has 4 rings (SSSR count). The number of alkyl carbamates (subject to hydrolysis) is 1. The highest BCUT2D eigenvalue weighted by Gasteiger charge is 2.38. The van der Waals surface area contributed by atoms with Crippen LogP contribution >= 0.6 is 0 Å². The molecule has 0 aliphatic heterocycles. The molecule has 0 fully saturated rings. The number of halogens is 5. The number of benzene rings is 2. The number of imidazole rings is 1. The van der Waals surface area contributed by atoms with Crippen LogP contribution in [0.3, 0.4) is 0 Å². The number of fused-ring (bicyclic) bond motifs is 1. The molecule has 1 unspecified atom stereocenters. The van der Waals surface area contributed by atoms with Gasteiger partial charge in [-0.25, -0.2) is 23.4 Å². The van der Waals surface area contributed by atoms with Crippen molar-refractivity contribution in [2.75, 3.05) is 6.54 Å².